The second-order valence-corrected chi connectivity index (χ2v) is 9.82. The maximum Gasteiger partial charge on any atom is 0.337 e. The molecule has 3 aromatic carbocycles. The lowest BCUT2D eigenvalue weighted by Crippen LogP contribution is -2.24. The molecule has 38 heavy (non-hydrogen) atoms. The van der Waals surface area contributed by atoms with Crippen molar-refractivity contribution in [1.29, 1.82) is 0 Å². The number of ether oxygens (including phenoxy) is 2. The van der Waals surface area contributed by atoms with Gasteiger partial charge in [0.05, 0.1) is 41.4 Å². The summed E-state index contributed by atoms with van der Waals surface area (Å²) >= 11 is 7.25. The Labute approximate surface area is 229 Å². The highest BCUT2D eigenvalue weighted by atomic mass is 35.5. The molecule has 0 aliphatic rings. The number of benzene rings is 3. The Morgan fingerprint density at radius 1 is 1.00 bits per heavy atom. The van der Waals surface area contributed by atoms with Gasteiger partial charge in [-0.2, -0.15) is 0 Å². The molecular formula is C28H26ClN3O5S. The number of anilines is 1. The minimum Gasteiger partial charge on any atom is -0.497 e. The number of nitrogens with zero attached hydrogens (tertiary/aromatic N) is 1. The zero-order chi connectivity index (χ0) is 27.2. The van der Waals surface area contributed by atoms with E-state index in [9.17, 15) is 14.7 Å². The van der Waals surface area contributed by atoms with Crippen LogP contribution in [0.15, 0.2) is 71.9 Å². The number of hydrogen-bond donors (Lipinski definition) is 3. The zero-order valence-corrected chi connectivity index (χ0v) is 22.5. The molecule has 0 bridgehead atoms. The van der Waals surface area contributed by atoms with Crippen molar-refractivity contribution in [2.75, 3.05) is 19.5 Å². The molecule has 0 fully saturated rings. The van der Waals surface area contributed by atoms with Gasteiger partial charge in [0.25, 0.3) is 0 Å². The van der Waals surface area contributed by atoms with E-state index in [0.29, 0.717) is 17.3 Å². The van der Waals surface area contributed by atoms with Crippen LogP contribution in [0, 0.1) is 0 Å². The Kier molecular flexibility index (Phi) is 8.60. The molecule has 0 aliphatic heterocycles. The molecule has 1 heterocycles. The van der Waals surface area contributed by atoms with E-state index in [1.165, 1.54) is 23.9 Å². The summed E-state index contributed by atoms with van der Waals surface area (Å²) in [5.41, 5.74) is 3.62. The Morgan fingerprint density at radius 2 is 1.61 bits per heavy atom. The van der Waals surface area contributed by atoms with Crippen molar-refractivity contribution >= 4 is 40.9 Å². The first-order valence-corrected chi connectivity index (χ1v) is 13.0. The van der Waals surface area contributed by atoms with Gasteiger partial charge in [-0.25, -0.2) is 9.78 Å². The first kappa shape index (κ1) is 27.1. The minimum atomic E-state index is -1.17. The number of carboxylic acid groups (broad SMARTS) is 1. The molecule has 1 amide bonds. The van der Waals surface area contributed by atoms with E-state index in [0.717, 1.165) is 34.0 Å². The number of aromatic carboxylic acids is 1. The summed E-state index contributed by atoms with van der Waals surface area (Å²) in [7, 11) is 3.23. The van der Waals surface area contributed by atoms with E-state index in [1.54, 1.807) is 20.3 Å². The monoisotopic (exact) mass is 551 g/mol. The van der Waals surface area contributed by atoms with Gasteiger partial charge in [0, 0.05) is 16.8 Å². The van der Waals surface area contributed by atoms with Gasteiger partial charge in [-0.3, -0.25) is 4.79 Å². The molecule has 0 radical (unpaired) electrons. The van der Waals surface area contributed by atoms with E-state index >= 15 is 0 Å². The molecule has 1 atom stereocenters. The second-order valence-electron chi connectivity index (χ2n) is 8.23. The van der Waals surface area contributed by atoms with Gasteiger partial charge >= 0.3 is 5.97 Å². The minimum absolute atomic E-state index is 0.0792. The van der Waals surface area contributed by atoms with Crippen molar-refractivity contribution in [3.63, 3.8) is 0 Å². The Hall–Kier alpha value is -3.95. The summed E-state index contributed by atoms with van der Waals surface area (Å²) in [5.74, 6) is 0.0375. The van der Waals surface area contributed by atoms with Crippen molar-refractivity contribution in [3.8, 4) is 34.0 Å². The van der Waals surface area contributed by atoms with Crippen LogP contribution in [0.5, 0.6) is 11.5 Å². The molecule has 1 aromatic heterocycles. The molecule has 1 unspecified atom stereocenters. The number of carbonyl (C=O) groups excluding carboxylic acids is 1. The lowest BCUT2D eigenvalue weighted by atomic mass is 10.0. The van der Waals surface area contributed by atoms with Crippen LogP contribution in [0.1, 0.15) is 23.7 Å². The van der Waals surface area contributed by atoms with E-state index in [-0.39, 0.29) is 16.5 Å². The van der Waals surface area contributed by atoms with Crippen LogP contribution in [-0.2, 0) is 4.79 Å². The summed E-state index contributed by atoms with van der Waals surface area (Å²) in [6, 6.07) is 19.6. The molecule has 0 saturated carbocycles. The van der Waals surface area contributed by atoms with Gasteiger partial charge in [0.1, 0.15) is 11.5 Å². The van der Waals surface area contributed by atoms with Crippen molar-refractivity contribution < 1.29 is 24.2 Å². The summed E-state index contributed by atoms with van der Waals surface area (Å²) in [5, 5.41) is 12.3. The van der Waals surface area contributed by atoms with Crippen LogP contribution in [0.25, 0.3) is 22.5 Å². The van der Waals surface area contributed by atoms with Gasteiger partial charge in [0.2, 0.25) is 5.91 Å². The number of aromatic nitrogens is 2. The highest BCUT2D eigenvalue weighted by Crippen LogP contribution is 2.36. The second kappa shape index (κ2) is 12.1. The smallest absolute Gasteiger partial charge is 0.337 e. The summed E-state index contributed by atoms with van der Waals surface area (Å²) in [4.78, 5) is 32.7. The molecule has 4 aromatic rings. The number of carboxylic acids is 1. The van der Waals surface area contributed by atoms with Crippen molar-refractivity contribution in [1.82, 2.24) is 9.97 Å². The predicted octanol–water partition coefficient (Wildman–Crippen LogP) is 6.62. The number of carbonyl (C=O) groups is 2. The summed E-state index contributed by atoms with van der Waals surface area (Å²) < 4.78 is 10.6. The topological polar surface area (TPSA) is 114 Å². The fraction of sp³-hybridized carbons (Fsp3) is 0.179. The van der Waals surface area contributed by atoms with E-state index in [4.69, 9.17) is 26.1 Å². The summed E-state index contributed by atoms with van der Waals surface area (Å²) in [6.07, 6.45) is 0.520. The standard InChI is InChI=1S/C28H26ClN3O5S/c1-4-23(26(33)30-18-9-14-22(29)21(15-18)27(34)35)38-28-31-24(16-5-10-19(36-2)11-6-16)25(32-28)17-7-12-20(37-3)13-8-17/h5-15,23H,4H2,1-3H3,(H,30,33)(H,31,32)(H,34,35). The van der Waals surface area contributed by atoms with Crippen molar-refractivity contribution in [3.05, 3.63) is 77.3 Å². The highest BCUT2D eigenvalue weighted by Gasteiger charge is 2.23. The van der Waals surface area contributed by atoms with Gasteiger partial charge in [0.15, 0.2) is 5.16 Å². The van der Waals surface area contributed by atoms with Crippen LogP contribution in [-0.4, -0.2) is 46.4 Å². The lowest BCUT2D eigenvalue weighted by Gasteiger charge is -2.14. The fourth-order valence-electron chi connectivity index (χ4n) is 3.78. The fourth-order valence-corrected chi connectivity index (χ4v) is 4.88. The number of nitrogens with one attached hydrogen (secondary N) is 2. The summed E-state index contributed by atoms with van der Waals surface area (Å²) in [6.45, 7) is 1.90. The molecule has 8 nitrogen and oxygen atoms in total. The third kappa shape index (κ3) is 6.12. The van der Waals surface area contributed by atoms with E-state index < -0.39 is 11.2 Å². The molecule has 196 valence electrons. The molecule has 0 aliphatic carbocycles. The molecular weight excluding hydrogens is 526 g/mol. The lowest BCUT2D eigenvalue weighted by molar-refractivity contribution is -0.115. The Balaban J connectivity index is 1.63. The Bertz CT molecular complexity index is 1370. The van der Waals surface area contributed by atoms with Crippen LogP contribution < -0.4 is 14.8 Å². The first-order valence-electron chi connectivity index (χ1n) is 11.7. The van der Waals surface area contributed by atoms with Crippen LogP contribution >= 0.6 is 23.4 Å². The number of amides is 1. The average molecular weight is 552 g/mol. The number of imidazole rings is 1. The molecule has 0 spiro atoms. The number of aromatic amines is 1. The first-order chi connectivity index (χ1) is 18.3. The van der Waals surface area contributed by atoms with Gasteiger partial charge in [-0.15, -0.1) is 0 Å². The molecule has 10 heteroatoms. The largest absolute Gasteiger partial charge is 0.497 e. The number of halogens is 1. The van der Waals surface area contributed by atoms with Gasteiger partial charge in [-0.05, 0) is 73.2 Å². The molecule has 0 saturated heterocycles. The van der Waals surface area contributed by atoms with Gasteiger partial charge in [-0.1, -0.05) is 30.3 Å². The van der Waals surface area contributed by atoms with Crippen molar-refractivity contribution in [2.24, 2.45) is 0 Å². The maximum absolute atomic E-state index is 13.1. The van der Waals surface area contributed by atoms with E-state index in [2.05, 4.69) is 10.3 Å². The number of rotatable bonds is 10. The maximum atomic E-state index is 13.1. The SMILES string of the molecule is CCC(Sc1nc(-c2ccc(OC)cc2)c(-c2ccc(OC)cc2)[nH]1)C(=O)Nc1ccc(Cl)c(C(=O)O)c1. The van der Waals surface area contributed by atoms with Crippen molar-refractivity contribution in [2.45, 2.75) is 23.8 Å². The molecule has 4 rings (SSSR count). The normalized spacial score (nSPS) is 11.6. The predicted molar refractivity (Wildman–Crippen MR) is 150 cm³/mol. The van der Waals surface area contributed by atoms with Crippen LogP contribution in [0.4, 0.5) is 5.69 Å². The zero-order valence-electron chi connectivity index (χ0n) is 20.9. The van der Waals surface area contributed by atoms with Crippen LogP contribution in [0.2, 0.25) is 5.02 Å². The van der Waals surface area contributed by atoms with E-state index in [1.807, 2.05) is 55.5 Å². The Morgan fingerprint density at radius 3 is 2.16 bits per heavy atom. The number of H-pyrrole nitrogens is 1. The molecule has 3 N–H and O–H groups in total. The average Bonchev–Trinajstić information content (AvgIpc) is 3.36. The number of hydrogen-bond acceptors (Lipinski definition) is 6. The number of methoxy groups -OCH3 is 2. The third-order valence-electron chi connectivity index (χ3n) is 5.81. The quantitative estimate of drug-likeness (QED) is 0.190. The third-order valence-corrected chi connectivity index (χ3v) is 7.38. The van der Waals surface area contributed by atoms with Crippen LogP contribution in [0.3, 0.4) is 0 Å². The van der Waals surface area contributed by atoms with Gasteiger partial charge < -0.3 is 24.9 Å². The highest BCUT2D eigenvalue weighted by molar-refractivity contribution is 8.00. The number of thioether (sulfide) groups is 1.